The molecular weight excluding hydrogens is 220 g/mol. The summed E-state index contributed by atoms with van der Waals surface area (Å²) in [6.45, 7) is 6.25. The van der Waals surface area contributed by atoms with E-state index in [0.29, 0.717) is 0 Å². The molecule has 0 saturated carbocycles. The fourth-order valence-electron chi connectivity index (χ4n) is 2.02. The summed E-state index contributed by atoms with van der Waals surface area (Å²) >= 11 is 5.37. The average molecular weight is 244 g/mol. The molecule has 0 unspecified atom stereocenters. The van der Waals surface area contributed by atoms with Gasteiger partial charge in [-0.25, -0.2) is 0 Å². The van der Waals surface area contributed by atoms with Crippen LogP contribution in [0.1, 0.15) is 32.6 Å². The Bertz CT molecular complexity index is 203. The van der Waals surface area contributed by atoms with Gasteiger partial charge in [0.05, 0.1) is 0 Å². The Balaban J connectivity index is 2.17. The topological polar surface area (TPSA) is 24.5 Å². The van der Waals surface area contributed by atoms with Crippen molar-refractivity contribution in [1.82, 2.24) is 10.2 Å². The van der Waals surface area contributed by atoms with Crippen molar-refractivity contribution >= 4 is 17.3 Å². The number of hydrogen-bond donors (Lipinski definition) is 1. The summed E-state index contributed by atoms with van der Waals surface area (Å²) in [5.74, 6) is 0.722. The number of thiocarbonyl (C=S) groups is 1. The van der Waals surface area contributed by atoms with E-state index in [1.54, 1.807) is 7.11 Å². The maximum Gasteiger partial charge on any atom is 0.168 e. The van der Waals surface area contributed by atoms with Crippen LogP contribution in [0.5, 0.6) is 0 Å². The second-order valence-electron chi connectivity index (χ2n) is 4.47. The molecule has 1 heterocycles. The van der Waals surface area contributed by atoms with Gasteiger partial charge in [-0.1, -0.05) is 13.3 Å². The second kappa shape index (κ2) is 7.85. The van der Waals surface area contributed by atoms with Gasteiger partial charge in [0.25, 0.3) is 0 Å². The minimum Gasteiger partial charge on any atom is -0.384 e. The van der Waals surface area contributed by atoms with Crippen LogP contribution >= 0.6 is 12.2 Å². The van der Waals surface area contributed by atoms with E-state index in [-0.39, 0.29) is 0 Å². The molecule has 16 heavy (non-hydrogen) atoms. The molecule has 1 N–H and O–H groups in total. The predicted octanol–water partition coefficient (Wildman–Crippen LogP) is 2.02. The third kappa shape index (κ3) is 4.66. The molecule has 0 amide bonds. The van der Waals surface area contributed by atoms with E-state index >= 15 is 0 Å². The van der Waals surface area contributed by atoms with Crippen molar-refractivity contribution in [1.29, 1.82) is 0 Å². The lowest BCUT2D eigenvalue weighted by Gasteiger charge is -2.33. The van der Waals surface area contributed by atoms with E-state index < -0.39 is 0 Å². The Labute approximate surface area is 105 Å². The van der Waals surface area contributed by atoms with Gasteiger partial charge in [-0.05, 0) is 37.4 Å². The standard InChI is InChI=1S/C12H24N2OS/c1-3-4-7-13-12(16)14-8-5-11(6-9-14)10-15-2/h11H,3-10H2,1-2H3,(H,13,16). The van der Waals surface area contributed by atoms with Crippen LogP contribution in [0.2, 0.25) is 0 Å². The third-order valence-electron chi connectivity index (χ3n) is 3.11. The summed E-state index contributed by atoms with van der Waals surface area (Å²) in [4.78, 5) is 2.29. The van der Waals surface area contributed by atoms with E-state index in [2.05, 4.69) is 17.1 Å². The van der Waals surface area contributed by atoms with Crippen molar-refractivity contribution in [3.63, 3.8) is 0 Å². The van der Waals surface area contributed by atoms with Gasteiger partial charge in [0.2, 0.25) is 0 Å². The van der Waals surface area contributed by atoms with E-state index in [1.165, 1.54) is 25.7 Å². The zero-order chi connectivity index (χ0) is 11.8. The Morgan fingerprint density at radius 2 is 2.12 bits per heavy atom. The van der Waals surface area contributed by atoms with Crippen molar-refractivity contribution in [2.75, 3.05) is 33.4 Å². The number of likely N-dealkylation sites (tertiary alicyclic amines) is 1. The van der Waals surface area contributed by atoms with Gasteiger partial charge in [0, 0.05) is 33.4 Å². The van der Waals surface area contributed by atoms with Crippen LogP contribution in [0.4, 0.5) is 0 Å². The van der Waals surface area contributed by atoms with E-state index in [1.807, 2.05) is 0 Å². The molecule has 0 spiro atoms. The van der Waals surface area contributed by atoms with E-state index in [9.17, 15) is 0 Å². The van der Waals surface area contributed by atoms with Gasteiger partial charge in [-0.3, -0.25) is 0 Å². The normalized spacial score (nSPS) is 17.5. The molecule has 1 saturated heterocycles. The zero-order valence-electron chi connectivity index (χ0n) is 10.5. The van der Waals surface area contributed by atoms with Crippen molar-refractivity contribution < 1.29 is 4.74 Å². The largest absolute Gasteiger partial charge is 0.384 e. The van der Waals surface area contributed by atoms with Crippen LogP contribution in [-0.2, 0) is 4.74 Å². The van der Waals surface area contributed by atoms with Gasteiger partial charge in [-0.15, -0.1) is 0 Å². The third-order valence-corrected chi connectivity index (χ3v) is 3.51. The van der Waals surface area contributed by atoms with Crippen LogP contribution < -0.4 is 5.32 Å². The van der Waals surface area contributed by atoms with Crippen molar-refractivity contribution in [3.8, 4) is 0 Å². The second-order valence-corrected chi connectivity index (χ2v) is 4.86. The van der Waals surface area contributed by atoms with Crippen molar-refractivity contribution in [2.24, 2.45) is 5.92 Å². The molecule has 94 valence electrons. The molecule has 0 aromatic heterocycles. The Morgan fingerprint density at radius 1 is 1.44 bits per heavy atom. The Hall–Kier alpha value is -0.350. The van der Waals surface area contributed by atoms with Gasteiger partial charge >= 0.3 is 0 Å². The number of methoxy groups -OCH3 is 1. The Morgan fingerprint density at radius 3 is 2.69 bits per heavy atom. The highest BCUT2D eigenvalue weighted by Gasteiger charge is 2.20. The first kappa shape index (κ1) is 13.7. The van der Waals surface area contributed by atoms with Crippen LogP contribution in [0, 0.1) is 5.92 Å². The fourth-order valence-corrected chi connectivity index (χ4v) is 2.31. The summed E-state index contributed by atoms with van der Waals surface area (Å²) in [5.41, 5.74) is 0. The van der Waals surface area contributed by atoms with Gasteiger partial charge in [-0.2, -0.15) is 0 Å². The molecule has 1 rings (SSSR count). The van der Waals surface area contributed by atoms with Gasteiger partial charge in [0.15, 0.2) is 5.11 Å². The molecule has 1 fully saturated rings. The van der Waals surface area contributed by atoms with E-state index in [4.69, 9.17) is 17.0 Å². The number of hydrogen-bond acceptors (Lipinski definition) is 2. The quantitative estimate of drug-likeness (QED) is 0.591. The van der Waals surface area contributed by atoms with Crippen LogP contribution in [0.15, 0.2) is 0 Å². The number of rotatable bonds is 5. The molecule has 0 bridgehead atoms. The highest BCUT2D eigenvalue weighted by Crippen LogP contribution is 2.17. The molecule has 0 aliphatic carbocycles. The summed E-state index contributed by atoms with van der Waals surface area (Å²) < 4.78 is 5.19. The molecule has 1 aliphatic rings. The van der Waals surface area contributed by atoms with Gasteiger partial charge in [0.1, 0.15) is 0 Å². The highest BCUT2D eigenvalue weighted by atomic mass is 32.1. The lowest BCUT2D eigenvalue weighted by atomic mass is 9.98. The van der Waals surface area contributed by atoms with Crippen LogP contribution in [0.3, 0.4) is 0 Å². The molecule has 3 nitrogen and oxygen atoms in total. The fraction of sp³-hybridized carbons (Fsp3) is 0.917. The first-order chi connectivity index (χ1) is 7.77. The number of piperidine rings is 1. The number of nitrogens with zero attached hydrogens (tertiary/aromatic N) is 1. The monoisotopic (exact) mass is 244 g/mol. The maximum atomic E-state index is 5.37. The van der Waals surface area contributed by atoms with Gasteiger partial charge < -0.3 is 15.0 Å². The predicted molar refractivity (Wildman–Crippen MR) is 71.7 cm³/mol. The summed E-state index contributed by atoms with van der Waals surface area (Å²) in [5, 5.41) is 4.26. The number of unbranched alkanes of at least 4 members (excludes halogenated alkanes) is 1. The Kier molecular flexibility index (Phi) is 6.73. The number of nitrogens with one attached hydrogen (secondary N) is 1. The summed E-state index contributed by atoms with van der Waals surface area (Å²) in [6, 6.07) is 0. The molecule has 0 aromatic carbocycles. The number of ether oxygens (including phenoxy) is 1. The summed E-state index contributed by atoms with van der Waals surface area (Å²) in [6.07, 6.45) is 4.80. The first-order valence-electron chi connectivity index (χ1n) is 6.29. The van der Waals surface area contributed by atoms with E-state index in [0.717, 1.165) is 37.3 Å². The maximum absolute atomic E-state index is 5.37. The minimum absolute atomic E-state index is 0.722. The molecule has 0 aromatic rings. The smallest absolute Gasteiger partial charge is 0.168 e. The lowest BCUT2D eigenvalue weighted by Crippen LogP contribution is -2.45. The first-order valence-corrected chi connectivity index (χ1v) is 6.70. The van der Waals surface area contributed by atoms with Crippen molar-refractivity contribution in [2.45, 2.75) is 32.6 Å². The molecule has 1 aliphatic heterocycles. The molecule has 0 radical (unpaired) electrons. The minimum atomic E-state index is 0.722. The lowest BCUT2D eigenvalue weighted by molar-refractivity contribution is 0.119. The average Bonchev–Trinajstić information content (AvgIpc) is 2.30. The summed E-state index contributed by atoms with van der Waals surface area (Å²) in [7, 11) is 1.78. The highest BCUT2D eigenvalue weighted by molar-refractivity contribution is 7.80. The molecule has 4 heteroatoms. The molecule has 0 atom stereocenters. The van der Waals surface area contributed by atoms with Crippen molar-refractivity contribution in [3.05, 3.63) is 0 Å². The zero-order valence-corrected chi connectivity index (χ0v) is 11.3. The SMILES string of the molecule is CCCCNC(=S)N1CCC(COC)CC1. The molecular formula is C12H24N2OS. The van der Waals surface area contributed by atoms with Crippen LogP contribution in [0.25, 0.3) is 0 Å². The van der Waals surface area contributed by atoms with Crippen LogP contribution in [-0.4, -0.2) is 43.4 Å².